The summed E-state index contributed by atoms with van der Waals surface area (Å²) in [6.07, 6.45) is 4.09. The molecule has 3 aromatic rings. The molecule has 1 aromatic heterocycles. The Kier molecular flexibility index (Phi) is 7.53. The van der Waals surface area contributed by atoms with Gasteiger partial charge in [-0.15, -0.1) is 0 Å². The number of nitrogens with zero attached hydrogens (tertiary/aromatic N) is 1. The number of rotatable bonds is 8. The molecule has 0 spiro atoms. The van der Waals surface area contributed by atoms with Gasteiger partial charge in [0, 0.05) is 43.6 Å². The highest BCUT2D eigenvalue weighted by atomic mass is 16.7. The third kappa shape index (κ3) is 5.08. The Labute approximate surface area is 204 Å². The van der Waals surface area contributed by atoms with E-state index in [0.717, 1.165) is 16.5 Å². The van der Waals surface area contributed by atoms with E-state index in [1.807, 2.05) is 37.4 Å². The van der Waals surface area contributed by atoms with Crippen molar-refractivity contribution in [2.24, 2.45) is 5.92 Å². The van der Waals surface area contributed by atoms with Crippen molar-refractivity contribution in [2.45, 2.75) is 38.9 Å². The molecule has 2 heterocycles. The maximum Gasteiger partial charge on any atom is 0.290 e. The highest BCUT2D eigenvalue weighted by molar-refractivity contribution is 6.04. The molecule has 1 aliphatic rings. The molecular weight excluding hydrogens is 446 g/mol. The van der Waals surface area contributed by atoms with E-state index in [1.54, 1.807) is 34.9 Å². The Morgan fingerprint density at radius 2 is 1.91 bits per heavy atom. The van der Waals surface area contributed by atoms with Gasteiger partial charge in [-0.2, -0.15) is 0 Å². The van der Waals surface area contributed by atoms with E-state index in [4.69, 9.17) is 15.2 Å². The highest BCUT2D eigenvalue weighted by Crippen LogP contribution is 2.42. The number of benzene rings is 2. The molecule has 0 saturated heterocycles. The maximum absolute atomic E-state index is 13.2. The van der Waals surface area contributed by atoms with E-state index >= 15 is 0 Å². The van der Waals surface area contributed by atoms with Crippen LogP contribution in [0.1, 0.15) is 43.0 Å². The Hall–Kier alpha value is -3.62. The SMILES string of the molecule is CCO[C@@H]1OC(C(=O)Nc2ccccc2N)=C[C@H](c2cn(C(C)=O)c3ccccc23)[C@@H]1CCCO. The Balaban J connectivity index is 1.80. The summed E-state index contributed by atoms with van der Waals surface area (Å²) < 4.78 is 13.6. The van der Waals surface area contributed by atoms with Crippen LogP contribution in [0.2, 0.25) is 0 Å². The summed E-state index contributed by atoms with van der Waals surface area (Å²) in [5, 5.41) is 13.3. The maximum atomic E-state index is 13.2. The van der Waals surface area contributed by atoms with Crippen LogP contribution >= 0.6 is 0 Å². The zero-order valence-corrected chi connectivity index (χ0v) is 19.9. The van der Waals surface area contributed by atoms with Gasteiger partial charge < -0.3 is 25.6 Å². The van der Waals surface area contributed by atoms with Crippen LogP contribution < -0.4 is 11.1 Å². The number of ether oxygens (including phenoxy) is 2. The molecule has 2 aromatic carbocycles. The topological polar surface area (TPSA) is 116 Å². The lowest BCUT2D eigenvalue weighted by molar-refractivity contribution is -0.164. The third-order valence-electron chi connectivity index (χ3n) is 6.29. The van der Waals surface area contributed by atoms with E-state index in [-0.39, 0.29) is 30.1 Å². The average molecular weight is 478 g/mol. The summed E-state index contributed by atoms with van der Waals surface area (Å²) in [6, 6.07) is 14.7. The van der Waals surface area contributed by atoms with Crippen molar-refractivity contribution in [3.63, 3.8) is 0 Å². The molecule has 0 bridgehead atoms. The van der Waals surface area contributed by atoms with Crippen LogP contribution in [0, 0.1) is 5.92 Å². The zero-order valence-electron chi connectivity index (χ0n) is 19.9. The van der Waals surface area contributed by atoms with Gasteiger partial charge >= 0.3 is 0 Å². The number of nitrogens with one attached hydrogen (secondary N) is 1. The van der Waals surface area contributed by atoms with Crippen molar-refractivity contribution in [3.05, 3.63) is 72.1 Å². The molecule has 1 amide bonds. The fraction of sp³-hybridized carbons (Fsp3) is 0.333. The fourth-order valence-electron chi connectivity index (χ4n) is 4.65. The largest absolute Gasteiger partial charge is 0.459 e. The number of anilines is 2. The van der Waals surface area contributed by atoms with Gasteiger partial charge in [0.2, 0.25) is 12.2 Å². The molecule has 4 rings (SSSR count). The molecule has 35 heavy (non-hydrogen) atoms. The second-order valence-corrected chi connectivity index (χ2v) is 8.56. The number of nitrogens with two attached hydrogens (primary N) is 1. The predicted molar refractivity (Wildman–Crippen MR) is 135 cm³/mol. The van der Waals surface area contributed by atoms with Crippen LogP contribution in [0.3, 0.4) is 0 Å². The minimum Gasteiger partial charge on any atom is -0.459 e. The first-order valence-electron chi connectivity index (χ1n) is 11.8. The molecule has 0 fully saturated rings. The van der Waals surface area contributed by atoms with Crippen LogP contribution in [-0.4, -0.2) is 41.0 Å². The first-order valence-corrected chi connectivity index (χ1v) is 11.8. The molecule has 1 aliphatic heterocycles. The zero-order chi connectivity index (χ0) is 24.9. The van der Waals surface area contributed by atoms with Crippen LogP contribution in [0.25, 0.3) is 10.9 Å². The highest BCUT2D eigenvalue weighted by Gasteiger charge is 2.39. The molecule has 0 aliphatic carbocycles. The number of aliphatic hydroxyl groups is 1. The number of para-hydroxylation sites is 3. The number of nitrogen functional groups attached to an aromatic ring is 1. The first-order chi connectivity index (χ1) is 16.9. The van der Waals surface area contributed by atoms with Crippen molar-refractivity contribution < 1.29 is 24.2 Å². The summed E-state index contributed by atoms with van der Waals surface area (Å²) >= 11 is 0. The van der Waals surface area contributed by atoms with Crippen LogP contribution in [0.15, 0.2) is 66.6 Å². The molecule has 0 unspecified atom stereocenters. The second kappa shape index (κ2) is 10.8. The Morgan fingerprint density at radius 1 is 1.17 bits per heavy atom. The predicted octanol–water partition coefficient (Wildman–Crippen LogP) is 4.27. The molecule has 8 heteroatoms. The van der Waals surface area contributed by atoms with Gasteiger partial charge in [-0.1, -0.05) is 30.3 Å². The van der Waals surface area contributed by atoms with Crippen molar-refractivity contribution in [3.8, 4) is 0 Å². The number of aromatic nitrogens is 1. The van der Waals surface area contributed by atoms with Gasteiger partial charge in [-0.05, 0) is 49.6 Å². The molecule has 184 valence electrons. The summed E-state index contributed by atoms with van der Waals surface area (Å²) in [6.45, 7) is 3.81. The number of fused-ring (bicyclic) bond motifs is 1. The van der Waals surface area contributed by atoms with E-state index < -0.39 is 12.2 Å². The van der Waals surface area contributed by atoms with Crippen molar-refractivity contribution in [2.75, 3.05) is 24.3 Å². The minimum absolute atomic E-state index is 0.0294. The number of aliphatic hydroxyl groups excluding tert-OH is 1. The number of allylic oxidation sites excluding steroid dienone is 1. The van der Waals surface area contributed by atoms with Gasteiger partial charge in [0.25, 0.3) is 5.91 Å². The van der Waals surface area contributed by atoms with Gasteiger partial charge in [0.15, 0.2) is 5.76 Å². The quantitative estimate of drug-likeness (QED) is 0.417. The van der Waals surface area contributed by atoms with E-state index in [9.17, 15) is 14.7 Å². The number of amides is 1. The smallest absolute Gasteiger partial charge is 0.290 e. The first kappa shape index (κ1) is 24.5. The van der Waals surface area contributed by atoms with Gasteiger partial charge in [-0.25, -0.2) is 0 Å². The monoisotopic (exact) mass is 477 g/mol. The number of hydrogen-bond acceptors (Lipinski definition) is 6. The fourth-order valence-corrected chi connectivity index (χ4v) is 4.65. The third-order valence-corrected chi connectivity index (χ3v) is 6.29. The van der Waals surface area contributed by atoms with Crippen molar-refractivity contribution in [1.82, 2.24) is 4.57 Å². The molecule has 4 N–H and O–H groups in total. The van der Waals surface area contributed by atoms with Crippen molar-refractivity contribution in [1.29, 1.82) is 0 Å². The molecule has 0 saturated carbocycles. The number of carbonyl (C=O) groups is 2. The molecular formula is C27H31N3O5. The van der Waals surface area contributed by atoms with E-state index in [0.29, 0.717) is 30.8 Å². The summed E-state index contributed by atoms with van der Waals surface area (Å²) in [5.74, 6) is -0.878. The van der Waals surface area contributed by atoms with Crippen LogP contribution in [0.4, 0.5) is 11.4 Å². The summed E-state index contributed by atoms with van der Waals surface area (Å²) in [5.41, 5.74) is 8.63. The van der Waals surface area contributed by atoms with E-state index in [1.165, 1.54) is 6.92 Å². The lowest BCUT2D eigenvalue weighted by Crippen LogP contribution is -2.37. The van der Waals surface area contributed by atoms with Crippen LogP contribution in [0.5, 0.6) is 0 Å². The van der Waals surface area contributed by atoms with Gasteiger partial charge in [-0.3, -0.25) is 14.2 Å². The van der Waals surface area contributed by atoms with Gasteiger partial charge in [0.1, 0.15) is 0 Å². The lowest BCUT2D eigenvalue weighted by atomic mass is 9.80. The summed E-state index contributed by atoms with van der Waals surface area (Å²) in [4.78, 5) is 25.6. The molecule has 0 radical (unpaired) electrons. The normalized spacial score (nSPS) is 19.7. The number of hydrogen-bond donors (Lipinski definition) is 3. The van der Waals surface area contributed by atoms with Gasteiger partial charge in [0.05, 0.1) is 16.9 Å². The number of carbonyl (C=O) groups excluding carboxylic acids is 2. The van der Waals surface area contributed by atoms with E-state index in [2.05, 4.69) is 5.32 Å². The second-order valence-electron chi connectivity index (χ2n) is 8.56. The van der Waals surface area contributed by atoms with Crippen molar-refractivity contribution >= 4 is 34.1 Å². The Bertz CT molecular complexity index is 1250. The minimum atomic E-state index is -0.699. The summed E-state index contributed by atoms with van der Waals surface area (Å²) in [7, 11) is 0. The Morgan fingerprint density at radius 3 is 2.63 bits per heavy atom. The molecule has 3 atom stereocenters. The standard InChI is InChI=1S/C27H31N3O5/c1-3-34-27-19(10-8-14-31)20(21-16-30(17(2)32)24-13-7-4-9-18(21)24)15-25(35-27)26(33)29-23-12-6-5-11-22(23)28/h4-7,9,11-13,15-16,19-20,27,31H,3,8,10,14,28H2,1-2H3,(H,29,33)/t19-,20-,27+/m0/s1. The molecule has 8 nitrogen and oxygen atoms in total. The lowest BCUT2D eigenvalue weighted by Gasteiger charge is -2.36. The van der Waals surface area contributed by atoms with Crippen LogP contribution in [-0.2, 0) is 14.3 Å². The average Bonchev–Trinajstić information content (AvgIpc) is 3.24.